The minimum Gasteiger partial charge on any atom is -0.385 e. The van der Waals surface area contributed by atoms with Gasteiger partial charge in [-0.2, -0.15) is 0 Å². The minimum absolute atomic E-state index is 0.681. The van der Waals surface area contributed by atoms with Gasteiger partial charge >= 0.3 is 0 Å². The first-order chi connectivity index (χ1) is 9.52. The molecule has 0 aromatic rings. The molecule has 2 atom stereocenters. The van der Waals surface area contributed by atoms with E-state index in [0.717, 1.165) is 24.5 Å². The van der Waals surface area contributed by atoms with Gasteiger partial charge in [-0.05, 0) is 44.1 Å². The molecule has 0 bridgehead atoms. The number of rotatable bonds is 9. The molecule has 0 saturated carbocycles. The van der Waals surface area contributed by atoms with Crippen LogP contribution in [0.4, 0.5) is 0 Å². The highest BCUT2D eigenvalue weighted by atomic mass is 16.5. The number of methoxy groups -OCH3 is 1. The van der Waals surface area contributed by atoms with E-state index in [4.69, 9.17) is 4.74 Å². The van der Waals surface area contributed by atoms with Crippen molar-refractivity contribution in [2.75, 3.05) is 33.4 Å². The van der Waals surface area contributed by atoms with Crippen LogP contribution in [0.1, 0.15) is 53.4 Å². The molecule has 20 heavy (non-hydrogen) atoms. The van der Waals surface area contributed by atoms with E-state index in [0.29, 0.717) is 6.04 Å². The molecule has 1 fully saturated rings. The lowest BCUT2D eigenvalue weighted by Gasteiger charge is -2.42. The summed E-state index contributed by atoms with van der Waals surface area (Å²) in [6, 6.07) is 1.40. The molecule has 0 aromatic heterocycles. The van der Waals surface area contributed by atoms with E-state index in [-0.39, 0.29) is 0 Å². The Bertz CT molecular complexity index is 243. The SMILES string of the molecule is COCCCCN1CC(CC(C)C)NCC1CC(C)C. The Morgan fingerprint density at radius 2 is 1.80 bits per heavy atom. The Morgan fingerprint density at radius 1 is 1.10 bits per heavy atom. The molecule has 1 N–H and O–H groups in total. The van der Waals surface area contributed by atoms with E-state index >= 15 is 0 Å². The van der Waals surface area contributed by atoms with E-state index < -0.39 is 0 Å². The first-order valence-electron chi connectivity index (χ1n) is 8.49. The van der Waals surface area contributed by atoms with Crippen molar-refractivity contribution in [2.24, 2.45) is 11.8 Å². The fourth-order valence-corrected chi connectivity index (χ4v) is 3.27. The van der Waals surface area contributed by atoms with Gasteiger partial charge in [-0.25, -0.2) is 0 Å². The number of hydrogen-bond donors (Lipinski definition) is 1. The zero-order valence-electron chi connectivity index (χ0n) is 14.3. The number of nitrogens with one attached hydrogen (secondary N) is 1. The Labute approximate surface area is 126 Å². The summed E-state index contributed by atoms with van der Waals surface area (Å²) < 4.78 is 5.17. The van der Waals surface area contributed by atoms with Crippen molar-refractivity contribution in [3.8, 4) is 0 Å². The molecule has 3 heteroatoms. The van der Waals surface area contributed by atoms with Crippen molar-refractivity contribution in [1.29, 1.82) is 0 Å². The highest BCUT2D eigenvalue weighted by molar-refractivity contribution is 4.87. The molecular weight excluding hydrogens is 248 g/mol. The summed E-state index contributed by atoms with van der Waals surface area (Å²) in [5, 5.41) is 3.77. The Kier molecular flexibility index (Phi) is 8.74. The summed E-state index contributed by atoms with van der Waals surface area (Å²) in [6.45, 7) is 13.8. The molecule has 1 rings (SSSR count). The predicted molar refractivity (Wildman–Crippen MR) is 87.2 cm³/mol. The van der Waals surface area contributed by atoms with Crippen LogP contribution >= 0.6 is 0 Å². The zero-order chi connectivity index (χ0) is 15.0. The first kappa shape index (κ1) is 17.9. The summed E-state index contributed by atoms with van der Waals surface area (Å²) in [7, 11) is 1.80. The summed E-state index contributed by atoms with van der Waals surface area (Å²) >= 11 is 0. The summed E-state index contributed by atoms with van der Waals surface area (Å²) in [6.07, 6.45) is 5.05. The van der Waals surface area contributed by atoms with Crippen molar-refractivity contribution >= 4 is 0 Å². The van der Waals surface area contributed by atoms with Crippen molar-refractivity contribution < 1.29 is 4.74 Å². The molecule has 0 aromatic carbocycles. The average Bonchev–Trinajstić information content (AvgIpc) is 2.36. The number of hydrogen-bond acceptors (Lipinski definition) is 3. The molecule has 0 amide bonds. The number of nitrogens with zero attached hydrogens (tertiary/aromatic N) is 1. The summed E-state index contributed by atoms with van der Waals surface area (Å²) in [5.41, 5.74) is 0. The number of piperazine rings is 1. The molecule has 120 valence electrons. The van der Waals surface area contributed by atoms with E-state index in [1.54, 1.807) is 7.11 Å². The van der Waals surface area contributed by atoms with Crippen LogP contribution in [0.3, 0.4) is 0 Å². The van der Waals surface area contributed by atoms with Gasteiger partial charge in [0.1, 0.15) is 0 Å². The predicted octanol–water partition coefficient (Wildman–Crippen LogP) is 3.15. The molecule has 1 saturated heterocycles. The van der Waals surface area contributed by atoms with Crippen molar-refractivity contribution in [2.45, 2.75) is 65.5 Å². The zero-order valence-corrected chi connectivity index (χ0v) is 14.3. The summed E-state index contributed by atoms with van der Waals surface area (Å²) in [5.74, 6) is 1.56. The van der Waals surface area contributed by atoms with Crippen LogP contribution < -0.4 is 5.32 Å². The maximum Gasteiger partial charge on any atom is 0.0462 e. The minimum atomic E-state index is 0.681. The van der Waals surface area contributed by atoms with Crippen LogP contribution in [0.2, 0.25) is 0 Å². The molecule has 2 unspecified atom stereocenters. The Balaban J connectivity index is 2.44. The third-order valence-corrected chi connectivity index (χ3v) is 4.16. The molecule has 1 aliphatic heterocycles. The fourth-order valence-electron chi connectivity index (χ4n) is 3.27. The molecular formula is C17H36N2O. The third kappa shape index (κ3) is 7.05. The quantitative estimate of drug-likeness (QED) is 0.658. The van der Waals surface area contributed by atoms with Crippen molar-refractivity contribution in [3.63, 3.8) is 0 Å². The van der Waals surface area contributed by atoms with Crippen LogP contribution in [-0.4, -0.2) is 50.3 Å². The van der Waals surface area contributed by atoms with Gasteiger partial charge in [-0.1, -0.05) is 27.7 Å². The maximum absolute atomic E-state index is 5.17. The smallest absolute Gasteiger partial charge is 0.0462 e. The van der Waals surface area contributed by atoms with E-state index in [9.17, 15) is 0 Å². The largest absolute Gasteiger partial charge is 0.385 e. The fraction of sp³-hybridized carbons (Fsp3) is 1.00. The maximum atomic E-state index is 5.17. The topological polar surface area (TPSA) is 24.5 Å². The third-order valence-electron chi connectivity index (χ3n) is 4.16. The van der Waals surface area contributed by atoms with Gasteiger partial charge in [0, 0.05) is 38.9 Å². The average molecular weight is 284 g/mol. The van der Waals surface area contributed by atoms with E-state index in [1.807, 2.05) is 0 Å². The second kappa shape index (κ2) is 9.75. The van der Waals surface area contributed by atoms with Gasteiger partial charge in [-0.3, -0.25) is 4.90 Å². The number of ether oxygens (including phenoxy) is 1. The normalized spacial score (nSPS) is 24.8. The Hall–Kier alpha value is -0.120. The monoisotopic (exact) mass is 284 g/mol. The van der Waals surface area contributed by atoms with Crippen LogP contribution in [0, 0.1) is 11.8 Å². The van der Waals surface area contributed by atoms with Crippen LogP contribution in [-0.2, 0) is 4.74 Å². The molecule has 3 nitrogen and oxygen atoms in total. The molecule has 0 spiro atoms. The molecule has 1 heterocycles. The highest BCUT2D eigenvalue weighted by Gasteiger charge is 2.28. The highest BCUT2D eigenvalue weighted by Crippen LogP contribution is 2.19. The molecule has 0 aliphatic carbocycles. The first-order valence-corrected chi connectivity index (χ1v) is 8.49. The lowest BCUT2D eigenvalue weighted by Crippen LogP contribution is -2.57. The number of unbranched alkanes of at least 4 members (excludes halogenated alkanes) is 1. The standard InChI is InChI=1S/C17H36N2O/c1-14(2)10-16-13-19(8-6-7-9-20-5)17(12-18-16)11-15(3)4/h14-18H,6-13H2,1-5H3. The Morgan fingerprint density at radius 3 is 2.40 bits per heavy atom. The lowest BCUT2D eigenvalue weighted by atomic mass is 9.95. The second-order valence-corrected chi connectivity index (χ2v) is 7.21. The van der Waals surface area contributed by atoms with Gasteiger partial charge in [0.05, 0.1) is 0 Å². The molecule has 1 aliphatic rings. The lowest BCUT2D eigenvalue weighted by molar-refractivity contribution is 0.101. The van der Waals surface area contributed by atoms with E-state index in [2.05, 4.69) is 37.9 Å². The van der Waals surface area contributed by atoms with Crippen molar-refractivity contribution in [1.82, 2.24) is 10.2 Å². The van der Waals surface area contributed by atoms with Gasteiger partial charge < -0.3 is 10.1 Å². The second-order valence-electron chi connectivity index (χ2n) is 7.21. The van der Waals surface area contributed by atoms with Gasteiger partial charge in [0.2, 0.25) is 0 Å². The van der Waals surface area contributed by atoms with Crippen LogP contribution in [0.15, 0.2) is 0 Å². The van der Waals surface area contributed by atoms with Gasteiger partial charge in [-0.15, -0.1) is 0 Å². The molecule has 0 radical (unpaired) electrons. The van der Waals surface area contributed by atoms with Gasteiger partial charge in [0.15, 0.2) is 0 Å². The van der Waals surface area contributed by atoms with E-state index in [1.165, 1.54) is 45.3 Å². The van der Waals surface area contributed by atoms with Gasteiger partial charge in [0.25, 0.3) is 0 Å². The van der Waals surface area contributed by atoms with Crippen molar-refractivity contribution in [3.05, 3.63) is 0 Å². The van der Waals surface area contributed by atoms with Crippen LogP contribution in [0.5, 0.6) is 0 Å². The summed E-state index contributed by atoms with van der Waals surface area (Å²) in [4.78, 5) is 2.74. The van der Waals surface area contributed by atoms with Crippen LogP contribution in [0.25, 0.3) is 0 Å².